The van der Waals surface area contributed by atoms with Crippen molar-refractivity contribution in [3.05, 3.63) is 72.9 Å². The lowest BCUT2D eigenvalue weighted by molar-refractivity contribution is 0.720. The van der Waals surface area contributed by atoms with Crippen LogP contribution in [0.3, 0.4) is 0 Å². The van der Waals surface area contributed by atoms with E-state index < -0.39 is 0 Å². The number of hydrogen-bond donors (Lipinski definition) is 0. The molecule has 0 bridgehead atoms. The van der Waals surface area contributed by atoms with Gasteiger partial charge in [-0.05, 0) is 37.3 Å². The van der Waals surface area contributed by atoms with Gasteiger partial charge in [-0.1, -0.05) is 55.5 Å². The summed E-state index contributed by atoms with van der Waals surface area (Å²) in [6.07, 6.45) is 9.64. The molecule has 1 atom stereocenters. The van der Waals surface area contributed by atoms with E-state index in [2.05, 4.69) is 75.6 Å². The van der Waals surface area contributed by atoms with Gasteiger partial charge in [0.2, 0.25) is 0 Å². The Bertz CT molecular complexity index is 358. The smallest absolute Gasteiger partial charge is 0.0216 e. The van der Waals surface area contributed by atoms with E-state index in [4.69, 9.17) is 0 Å². The van der Waals surface area contributed by atoms with E-state index in [0.717, 1.165) is 6.42 Å². The van der Waals surface area contributed by atoms with Crippen LogP contribution < -0.4 is 0 Å². The maximum atomic E-state index is 3.00. The molecule has 0 nitrogen and oxygen atoms in total. The van der Waals surface area contributed by atoms with Gasteiger partial charge in [-0.2, -0.15) is 0 Å². The van der Waals surface area contributed by atoms with Crippen LogP contribution in [0.15, 0.2) is 61.7 Å². The third kappa shape index (κ3) is 6.57. The topological polar surface area (TPSA) is 0 Å². The SMILES string of the molecule is C/C=C\C=C/C(C)Cc1ccccc1C.C=C. The lowest BCUT2D eigenvalue weighted by Gasteiger charge is -2.08. The zero-order valence-corrected chi connectivity index (χ0v) is 11.3. The van der Waals surface area contributed by atoms with Crippen molar-refractivity contribution in [1.82, 2.24) is 0 Å². The van der Waals surface area contributed by atoms with Crippen LogP contribution in [0.25, 0.3) is 0 Å². The lowest BCUT2D eigenvalue weighted by Crippen LogP contribution is -1.97. The van der Waals surface area contributed by atoms with Crippen molar-refractivity contribution in [3.63, 3.8) is 0 Å². The molecule has 0 aliphatic rings. The van der Waals surface area contributed by atoms with Crippen LogP contribution in [0.2, 0.25) is 0 Å². The van der Waals surface area contributed by atoms with Gasteiger partial charge >= 0.3 is 0 Å². The third-order valence-corrected chi connectivity index (χ3v) is 2.55. The molecular formula is C17H24. The van der Waals surface area contributed by atoms with Gasteiger partial charge in [-0.3, -0.25) is 0 Å². The predicted molar refractivity (Wildman–Crippen MR) is 79.3 cm³/mol. The minimum Gasteiger partial charge on any atom is -0.106 e. The van der Waals surface area contributed by atoms with E-state index in [1.54, 1.807) is 0 Å². The highest BCUT2D eigenvalue weighted by molar-refractivity contribution is 5.26. The van der Waals surface area contributed by atoms with Crippen molar-refractivity contribution in [2.75, 3.05) is 0 Å². The molecule has 1 aromatic carbocycles. The molecule has 0 saturated heterocycles. The Kier molecular flexibility index (Phi) is 8.77. The minimum atomic E-state index is 0.599. The average Bonchev–Trinajstić information content (AvgIpc) is 2.35. The molecule has 0 heterocycles. The van der Waals surface area contributed by atoms with E-state index >= 15 is 0 Å². The molecule has 0 aromatic heterocycles. The van der Waals surface area contributed by atoms with Crippen molar-refractivity contribution in [3.8, 4) is 0 Å². The van der Waals surface area contributed by atoms with E-state index in [-0.39, 0.29) is 0 Å². The van der Waals surface area contributed by atoms with Crippen molar-refractivity contribution < 1.29 is 0 Å². The molecule has 17 heavy (non-hydrogen) atoms. The Morgan fingerprint density at radius 2 is 1.82 bits per heavy atom. The summed E-state index contributed by atoms with van der Waals surface area (Å²) in [6.45, 7) is 12.5. The van der Waals surface area contributed by atoms with Gasteiger partial charge < -0.3 is 0 Å². The zero-order chi connectivity index (χ0) is 13.1. The molecule has 0 aliphatic carbocycles. The van der Waals surface area contributed by atoms with E-state index in [0.29, 0.717) is 5.92 Å². The summed E-state index contributed by atoms with van der Waals surface area (Å²) < 4.78 is 0. The molecule has 1 aromatic rings. The summed E-state index contributed by atoms with van der Waals surface area (Å²) in [4.78, 5) is 0. The average molecular weight is 228 g/mol. The monoisotopic (exact) mass is 228 g/mol. The fraction of sp³-hybridized carbons (Fsp3) is 0.294. The van der Waals surface area contributed by atoms with E-state index in [1.165, 1.54) is 11.1 Å². The maximum Gasteiger partial charge on any atom is -0.0216 e. The Hall–Kier alpha value is -1.56. The first-order chi connectivity index (χ1) is 8.24. The zero-order valence-electron chi connectivity index (χ0n) is 11.3. The largest absolute Gasteiger partial charge is 0.106 e. The molecule has 0 heteroatoms. The molecule has 0 radical (unpaired) electrons. The van der Waals surface area contributed by atoms with Crippen LogP contribution in [-0.4, -0.2) is 0 Å². The summed E-state index contributed by atoms with van der Waals surface area (Å²) in [5, 5.41) is 0. The fourth-order valence-electron chi connectivity index (χ4n) is 1.62. The minimum absolute atomic E-state index is 0.599. The maximum absolute atomic E-state index is 3.00. The molecule has 0 spiro atoms. The van der Waals surface area contributed by atoms with E-state index in [9.17, 15) is 0 Å². The second kappa shape index (κ2) is 9.65. The van der Waals surface area contributed by atoms with Crippen LogP contribution in [0.5, 0.6) is 0 Å². The van der Waals surface area contributed by atoms with Gasteiger partial charge in [0.1, 0.15) is 0 Å². The summed E-state index contributed by atoms with van der Waals surface area (Å²) >= 11 is 0. The normalized spacial score (nSPS) is 12.4. The third-order valence-electron chi connectivity index (χ3n) is 2.55. The van der Waals surface area contributed by atoms with Gasteiger partial charge in [-0.15, -0.1) is 13.2 Å². The van der Waals surface area contributed by atoms with Crippen molar-refractivity contribution >= 4 is 0 Å². The quantitative estimate of drug-likeness (QED) is 0.496. The molecule has 92 valence electrons. The van der Waals surface area contributed by atoms with Crippen LogP contribution in [0.1, 0.15) is 25.0 Å². The number of allylic oxidation sites excluding steroid dienone is 4. The lowest BCUT2D eigenvalue weighted by atomic mass is 9.97. The van der Waals surface area contributed by atoms with Crippen LogP contribution in [0, 0.1) is 12.8 Å². The molecule has 0 amide bonds. The van der Waals surface area contributed by atoms with Crippen LogP contribution >= 0.6 is 0 Å². The molecule has 0 saturated carbocycles. The highest BCUT2D eigenvalue weighted by atomic mass is 14.1. The van der Waals surface area contributed by atoms with Crippen molar-refractivity contribution in [2.45, 2.75) is 27.2 Å². The summed E-state index contributed by atoms with van der Waals surface area (Å²) in [5.41, 5.74) is 2.85. The molecule has 0 fully saturated rings. The molecule has 1 rings (SSSR count). The number of aryl methyl sites for hydroxylation is 1. The second-order valence-electron chi connectivity index (χ2n) is 4.02. The first-order valence-corrected chi connectivity index (χ1v) is 6.08. The van der Waals surface area contributed by atoms with Gasteiger partial charge in [0.05, 0.1) is 0 Å². The summed E-state index contributed by atoms with van der Waals surface area (Å²) in [5.74, 6) is 0.599. The Morgan fingerprint density at radius 1 is 1.18 bits per heavy atom. The Balaban J connectivity index is 0.00000121. The first-order valence-electron chi connectivity index (χ1n) is 6.08. The first kappa shape index (κ1) is 15.4. The van der Waals surface area contributed by atoms with Crippen LogP contribution in [-0.2, 0) is 6.42 Å². The predicted octanol–water partition coefficient (Wildman–Crippen LogP) is 5.11. The Labute approximate surface area is 106 Å². The van der Waals surface area contributed by atoms with Gasteiger partial charge in [0, 0.05) is 0 Å². The highest BCUT2D eigenvalue weighted by Crippen LogP contribution is 2.13. The number of hydrogen-bond acceptors (Lipinski definition) is 0. The molecule has 0 aliphatic heterocycles. The highest BCUT2D eigenvalue weighted by Gasteiger charge is 2.01. The van der Waals surface area contributed by atoms with Crippen LogP contribution in [0.4, 0.5) is 0 Å². The summed E-state index contributed by atoms with van der Waals surface area (Å²) in [7, 11) is 0. The second-order valence-corrected chi connectivity index (χ2v) is 4.02. The molecular weight excluding hydrogens is 204 g/mol. The fourth-order valence-corrected chi connectivity index (χ4v) is 1.62. The standard InChI is InChI=1S/C15H20.C2H4/c1-4-5-6-9-13(2)12-15-11-8-7-10-14(15)3;1-2/h4-11,13H,12H2,1-3H3;1-2H2/b5-4-,9-6-;. The summed E-state index contributed by atoms with van der Waals surface area (Å²) in [6, 6.07) is 8.61. The number of rotatable bonds is 4. The number of benzene rings is 1. The van der Waals surface area contributed by atoms with Gasteiger partial charge in [-0.25, -0.2) is 0 Å². The van der Waals surface area contributed by atoms with Gasteiger partial charge in [0.25, 0.3) is 0 Å². The Morgan fingerprint density at radius 3 is 2.41 bits per heavy atom. The van der Waals surface area contributed by atoms with Crippen molar-refractivity contribution in [2.24, 2.45) is 5.92 Å². The van der Waals surface area contributed by atoms with E-state index in [1.807, 2.05) is 6.92 Å². The molecule has 1 unspecified atom stereocenters. The van der Waals surface area contributed by atoms with Crippen molar-refractivity contribution in [1.29, 1.82) is 0 Å². The molecule has 0 N–H and O–H groups in total. The van der Waals surface area contributed by atoms with Gasteiger partial charge in [0.15, 0.2) is 0 Å².